The Morgan fingerprint density at radius 1 is 1.88 bits per heavy atom. The molecule has 1 aromatic heterocycles. The third kappa shape index (κ3) is 1.05. The molecule has 0 aliphatic heterocycles. The molecular weight excluding hydrogens is 144 g/mol. The largest absolute Gasteiger partial charge is 0.287 e. The van der Waals surface area contributed by atoms with Crippen LogP contribution in [0.5, 0.6) is 0 Å². The van der Waals surface area contributed by atoms with Crippen molar-refractivity contribution in [3.63, 3.8) is 0 Å². The van der Waals surface area contributed by atoms with Gasteiger partial charge < -0.3 is 0 Å². The highest BCUT2D eigenvalue weighted by atomic mass is 35.5. The molecule has 42 valence electrons. The zero-order valence-electron chi connectivity index (χ0n) is 3.89. The Balaban J connectivity index is 2.93. The first-order valence-electron chi connectivity index (χ1n) is 1.95. The Morgan fingerprint density at radius 2 is 2.62 bits per heavy atom. The summed E-state index contributed by atoms with van der Waals surface area (Å²) in [6, 6.07) is 1.71. The van der Waals surface area contributed by atoms with E-state index in [9.17, 15) is 0 Å². The number of hydrogen-bond donors (Lipinski definition) is 1. The second-order valence-corrected chi connectivity index (χ2v) is 2.24. The topological polar surface area (TPSA) is 36.7 Å². The van der Waals surface area contributed by atoms with Crippen LogP contribution in [0.25, 0.3) is 0 Å². The summed E-state index contributed by atoms with van der Waals surface area (Å²) < 4.78 is 3.80. The average molecular weight is 147 g/mol. The molecule has 1 aromatic rings. The fourth-order valence-corrected chi connectivity index (χ4v) is 0.997. The van der Waals surface area contributed by atoms with Crippen LogP contribution in [-0.4, -0.2) is 9.54 Å². The molecule has 8 heavy (non-hydrogen) atoms. The van der Waals surface area contributed by atoms with Gasteiger partial charge in [-0.2, -0.15) is 4.37 Å². The van der Waals surface area contributed by atoms with Crippen LogP contribution in [0.2, 0.25) is 0 Å². The minimum absolute atomic E-state index is 0.00579. The molecule has 0 spiro atoms. The molecule has 0 fully saturated rings. The smallest absolute Gasteiger partial charge is 0.147 e. The van der Waals surface area contributed by atoms with E-state index in [-0.39, 0.29) is 5.17 Å². The summed E-state index contributed by atoms with van der Waals surface area (Å²) in [4.78, 5) is 0. The monoisotopic (exact) mass is 146 g/mol. The first-order valence-corrected chi connectivity index (χ1v) is 3.17. The predicted octanol–water partition coefficient (Wildman–Crippen LogP) is 1.71. The lowest BCUT2D eigenvalue weighted by Crippen LogP contribution is -1.84. The molecule has 0 unspecified atom stereocenters. The Kier molecular flexibility index (Phi) is 1.60. The van der Waals surface area contributed by atoms with E-state index in [0.29, 0.717) is 5.69 Å². The van der Waals surface area contributed by atoms with E-state index in [4.69, 9.17) is 17.0 Å². The minimum Gasteiger partial charge on any atom is -0.287 e. The second kappa shape index (κ2) is 2.24. The van der Waals surface area contributed by atoms with E-state index >= 15 is 0 Å². The quantitative estimate of drug-likeness (QED) is 0.602. The van der Waals surface area contributed by atoms with Crippen molar-refractivity contribution in [3.8, 4) is 0 Å². The van der Waals surface area contributed by atoms with Crippen molar-refractivity contribution in [1.29, 1.82) is 5.41 Å². The van der Waals surface area contributed by atoms with Gasteiger partial charge in [0.05, 0.1) is 0 Å². The summed E-state index contributed by atoms with van der Waals surface area (Å²) in [5, 5.41) is 8.65. The molecule has 1 rings (SSSR count). The summed E-state index contributed by atoms with van der Waals surface area (Å²) in [5.41, 5.74) is 0.552. The highest BCUT2D eigenvalue weighted by molar-refractivity contribution is 7.03. The highest BCUT2D eigenvalue weighted by Gasteiger charge is 1.95. The molecule has 0 saturated heterocycles. The minimum atomic E-state index is 0.00579. The molecule has 0 aliphatic carbocycles. The Labute approximate surface area is 55.8 Å². The maximum Gasteiger partial charge on any atom is 0.147 e. The van der Waals surface area contributed by atoms with Gasteiger partial charge in [0.1, 0.15) is 10.9 Å². The lowest BCUT2D eigenvalue weighted by atomic mass is 10.5. The maximum atomic E-state index is 6.86. The first kappa shape index (κ1) is 5.72. The van der Waals surface area contributed by atoms with E-state index in [2.05, 4.69) is 4.37 Å². The summed E-state index contributed by atoms with van der Waals surface area (Å²) in [7, 11) is 0. The van der Waals surface area contributed by atoms with Gasteiger partial charge in [0.2, 0.25) is 0 Å². The zero-order valence-corrected chi connectivity index (χ0v) is 5.46. The van der Waals surface area contributed by atoms with Crippen molar-refractivity contribution in [2.75, 3.05) is 0 Å². The molecule has 4 heteroatoms. The number of hydrogen-bond acceptors (Lipinski definition) is 3. The third-order valence-electron chi connectivity index (χ3n) is 0.663. The fourth-order valence-electron chi connectivity index (χ4n) is 0.326. The van der Waals surface area contributed by atoms with Crippen LogP contribution < -0.4 is 0 Å². The molecule has 0 saturated carbocycles. The standard InChI is InChI=1S/C4H3ClN2S/c5-4(6)3-1-2-8-7-3/h1-2,6H. The summed E-state index contributed by atoms with van der Waals surface area (Å²) >= 11 is 6.56. The zero-order chi connectivity index (χ0) is 5.98. The van der Waals surface area contributed by atoms with Crippen molar-refractivity contribution in [2.45, 2.75) is 0 Å². The van der Waals surface area contributed by atoms with Gasteiger partial charge in [-0.05, 0) is 17.6 Å². The number of nitrogens with zero attached hydrogens (tertiary/aromatic N) is 1. The van der Waals surface area contributed by atoms with Gasteiger partial charge in [0.15, 0.2) is 0 Å². The second-order valence-electron chi connectivity index (χ2n) is 1.20. The van der Waals surface area contributed by atoms with Crippen molar-refractivity contribution < 1.29 is 0 Å². The number of aromatic nitrogens is 1. The van der Waals surface area contributed by atoms with Crippen molar-refractivity contribution in [3.05, 3.63) is 17.1 Å². The molecule has 0 radical (unpaired) electrons. The number of nitrogens with one attached hydrogen (secondary N) is 1. The molecular formula is C4H3ClN2S. The average Bonchev–Trinajstić information content (AvgIpc) is 2.12. The van der Waals surface area contributed by atoms with Gasteiger partial charge in [-0.15, -0.1) is 0 Å². The Bertz CT molecular complexity index is 182. The van der Waals surface area contributed by atoms with Gasteiger partial charge in [0, 0.05) is 5.38 Å². The molecule has 1 heterocycles. The number of halogens is 1. The van der Waals surface area contributed by atoms with E-state index < -0.39 is 0 Å². The molecule has 2 nitrogen and oxygen atoms in total. The van der Waals surface area contributed by atoms with Gasteiger partial charge in [-0.1, -0.05) is 11.6 Å². The van der Waals surface area contributed by atoms with Gasteiger partial charge in [-0.25, -0.2) is 0 Å². The third-order valence-corrected chi connectivity index (χ3v) is 1.42. The normalized spacial score (nSPS) is 9.12. The lowest BCUT2D eigenvalue weighted by molar-refractivity contribution is 1.46. The Morgan fingerprint density at radius 3 is 2.88 bits per heavy atom. The van der Waals surface area contributed by atoms with Gasteiger partial charge in [0.25, 0.3) is 0 Å². The predicted molar refractivity (Wildman–Crippen MR) is 34.8 cm³/mol. The molecule has 0 aromatic carbocycles. The summed E-state index contributed by atoms with van der Waals surface area (Å²) in [6.45, 7) is 0. The van der Waals surface area contributed by atoms with Crippen LogP contribution >= 0.6 is 23.1 Å². The maximum absolute atomic E-state index is 6.86. The van der Waals surface area contributed by atoms with Gasteiger partial charge >= 0.3 is 0 Å². The van der Waals surface area contributed by atoms with Crippen molar-refractivity contribution in [2.24, 2.45) is 0 Å². The Hall–Kier alpha value is -0.410. The van der Waals surface area contributed by atoms with E-state index in [1.54, 1.807) is 11.4 Å². The molecule has 0 atom stereocenters. The van der Waals surface area contributed by atoms with E-state index in [0.717, 1.165) is 0 Å². The number of rotatable bonds is 1. The van der Waals surface area contributed by atoms with Crippen LogP contribution in [0.4, 0.5) is 0 Å². The highest BCUT2D eigenvalue weighted by Crippen LogP contribution is 2.01. The SMILES string of the molecule is N=C(Cl)c1ccsn1. The van der Waals surface area contributed by atoms with Crippen LogP contribution in [0.1, 0.15) is 5.69 Å². The van der Waals surface area contributed by atoms with Crippen LogP contribution in [0.3, 0.4) is 0 Å². The van der Waals surface area contributed by atoms with E-state index in [1.165, 1.54) is 11.5 Å². The van der Waals surface area contributed by atoms with E-state index in [1.807, 2.05) is 0 Å². The first-order chi connectivity index (χ1) is 3.80. The van der Waals surface area contributed by atoms with Gasteiger partial charge in [-0.3, -0.25) is 5.41 Å². The van der Waals surface area contributed by atoms with Crippen molar-refractivity contribution in [1.82, 2.24) is 4.37 Å². The van der Waals surface area contributed by atoms with Crippen LogP contribution in [0, 0.1) is 5.41 Å². The van der Waals surface area contributed by atoms with Crippen LogP contribution in [-0.2, 0) is 0 Å². The summed E-state index contributed by atoms with van der Waals surface area (Å²) in [6.07, 6.45) is 0. The van der Waals surface area contributed by atoms with Crippen LogP contribution in [0.15, 0.2) is 11.4 Å². The molecule has 1 N–H and O–H groups in total. The molecule has 0 amide bonds. The molecule has 0 aliphatic rings. The molecule has 0 bridgehead atoms. The lowest BCUT2D eigenvalue weighted by Gasteiger charge is -1.79. The summed E-state index contributed by atoms with van der Waals surface area (Å²) in [5.74, 6) is 0. The van der Waals surface area contributed by atoms with Crippen molar-refractivity contribution >= 4 is 28.3 Å². The fraction of sp³-hybridized carbons (Fsp3) is 0.